The standard InChI is InChI=1S/C15H15Cl2NO3/c1-15(20,8-11-3-2-6-21-11)9-18-14(19)10-4-5-12(16)13(17)7-10/h2-7,20H,8-9H2,1H3,(H,18,19)/t15-/m0/s1. The summed E-state index contributed by atoms with van der Waals surface area (Å²) in [6.45, 7) is 1.72. The minimum atomic E-state index is -1.11. The van der Waals surface area contributed by atoms with E-state index in [9.17, 15) is 9.90 Å². The Labute approximate surface area is 132 Å². The second-order valence-electron chi connectivity index (χ2n) is 5.06. The summed E-state index contributed by atoms with van der Waals surface area (Å²) >= 11 is 11.7. The summed E-state index contributed by atoms with van der Waals surface area (Å²) in [5.41, 5.74) is -0.720. The van der Waals surface area contributed by atoms with Gasteiger partial charge in [-0.25, -0.2) is 0 Å². The van der Waals surface area contributed by atoms with Crippen molar-refractivity contribution in [1.29, 1.82) is 0 Å². The zero-order valence-corrected chi connectivity index (χ0v) is 12.9. The van der Waals surface area contributed by atoms with Gasteiger partial charge in [-0.15, -0.1) is 0 Å². The van der Waals surface area contributed by atoms with Crippen molar-refractivity contribution in [1.82, 2.24) is 5.32 Å². The monoisotopic (exact) mass is 327 g/mol. The largest absolute Gasteiger partial charge is 0.469 e. The van der Waals surface area contributed by atoms with Crippen molar-refractivity contribution in [2.45, 2.75) is 18.9 Å². The number of hydrogen-bond donors (Lipinski definition) is 2. The number of carbonyl (C=O) groups is 1. The first kappa shape index (κ1) is 15.9. The average Bonchev–Trinajstić information content (AvgIpc) is 2.91. The fraction of sp³-hybridized carbons (Fsp3) is 0.267. The molecule has 0 aliphatic rings. The van der Waals surface area contributed by atoms with Gasteiger partial charge >= 0.3 is 0 Å². The van der Waals surface area contributed by atoms with Crippen molar-refractivity contribution in [3.63, 3.8) is 0 Å². The molecule has 1 amide bonds. The molecule has 4 nitrogen and oxygen atoms in total. The highest BCUT2D eigenvalue weighted by Crippen LogP contribution is 2.22. The average molecular weight is 328 g/mol. The molecular formula is C15H15Cl2NO3. The molecular weight excluding hydrogens is 313 g/mol. The Bertz CT molecular complexity index is 624. The maximum absolute atomic E-state index is 12.0. The van der Waals surface area contributed by atoms with Gasteiger partial charge in [0.1, 0.15) is 5.76 Å². The van der Waals surface area contributed by atoms with Crippen LogP contribution in [0.15, 0.2) is 41.0 Å². The Balaban J connectivity index is 1.95. The van der Waals surface area contributed by atoms with Gasteiger partial charge < -0.3 is 14.8 Å². The van der Waals surface area contributed by atoms with Crippen LogP contribution in [0.4, 0.5) is 0 Å². The van der Waals surface area contributed by atoms with Gasteiger partial charge in [-0.05, 0) is 37.3 Å². The normalized spacial score (nSPS) is 13.7. The Hall–Kier alpha value is -1.49. The van der Waals surface area contributed by atoms with Gasteiger partial charge in [0.05, 0.1) is 21.9 Å². The second-order valence-corrected chi connectivity index (χ2v) is 5.88. The summed E-state index contributed by atoms with van der Waals surface area (Å²) in [6.07, 6.45) is 1.85. The van der Waals surface area contributed by atoms with E-state index in [2.05, 4.69) is 5.32 Å². The third-order valence-electron chi connectivity index (χ3n) is 2.95. The maximum atomic E-state index is 12.0. The van der Waals surface area contributed by atoms with Gasteiger partial charge in [-0.3, -0.25) is 4.79 Å². The van der Waals surface area contributed by atoms with E-state index in [1.54, 1.807) is 37.5 Å². The zero-order chi connectivity index (χ0) is 15.5. The molecule has 2 rings (SSSR count). The van der Waals surface area contributed by atoms with Crippen LogP contribution in [-0.4, -0.2) is 23.2 Å². The molecule has 112 valence electrons. The first-order valence-corrected chi connectivity index (χ1v) is 7.11. The molecule has 0 aliphatic heterocycles. The van der Waals surface area contributed by atoms with Crippen LogP contribution in [0.5, 0.6) is 0 Å². The smallest absolute Gasteiger partial charge is 0.251 e. The molecule has 0 saturated heterocycles. The summed E-state index contributed by atoms with van der Waals surface area (Å²) in [4.78, 5) is 12.0. The van der Waals surface area contributed by atoms with Crippen molar-refractivity contribution >= 4 is 29.1 Å². The van der Waals surface area contributed by atoms with Crippen molar-refractivity contribution in [3.8, 4) is 0 Å². The maximum Gasteiger partial charge on any atom is 0.251 e. The van der Waals surface area contributed by atoms with Crippen LogP contribution in [0.1, 0.15) is 23.0 Å². The number of carbonyl (C=O) groups excluding carboxylic acids is 1. The first-order valence-electron chi connectivity index (χ1n) is 6.35. The number of furan rings is 1. The van der Waals surface area contributed by atoms with Gasteiger partial charge in [0.2, 0.25) is 0 Å². The predicted octanol–water partition coefficient (Wildman–Crippen LogP) is 3.31. The van der Waals surface area contributed by atoms with E-state index < -0.39 is 5.60 Å². The summed E-state index contributed by atoms with van der Waals surface area (Å²) < 4.78 is 5.18. The zero-order valence-electron chi connectivity index (χ0n) is 11.4. The molecule has 0 spiro atoms. The highest BCUT2D eigenvalue weighted by Gasteiger charge is 2.23. The van der Waals surface area contributed by atoms with Crippen LogP contribution >= 0.6 is 23.2 Å². The molecule has 0 radical (unpaired) electrons. The quantitative estimate of drug-likeness (QED) is 0.885. The van der Waals surface area contributed by atoms with Crippen molar-refractivity contribution in [3.05, 3.63) is 58.0 Å². The van der Waals surface area contributed by atoms with Crippen LogP contribution in [0.2, 0.25) is 10.0 Å². The number of halogens is 2. The van der Waals surface area contributed by atoms with Crippen LogP contribution in [0.25, 0.3) is 0 Å². The SMILES string of the molecule is C[C@@](O)(CNC(=O)c1ccc(Cl)c(Cl)c1)Cc1ccco1. The molecule has 0 fully saturated rings. The van der Waals surface area contributed by atoms with Gasteiger partial charge in [-0.2, -0.15) is 0 Å². The van der Waals surface area contributed by atoms with E-state index in [1.165, 1.54) is 6.07 Å². The molecule has 21 heavy (non-hydrogen) atoms. The summed E-state index contributed by atoms with van der Waals surface area (Å²) in [7, 11) is 0. The van der Waals surface area contributed by atoms with E-state index in [4.69, 9.17) is 27.6 Å². The van der Waals surface area contributed by atoms with Gasteiger partial charge in [-0.1, -0.05) is 23.2 Å². The molecule has 0 aliphatic carbocycles. The Morgan fingerprint density at radius 2 is 2.10 bits per heavy atom. The van der Waals surface area contributed by atoms with Gasteiger partial charge in [0.15, 0.2) is 0 Å². The lowest BCUT2D eigenvalue weighted by molar-refractivity contribution is 0.0510. The fourth-order valence-electron chi connectivity index (χ4n) is 1.86. The number of benzene rings is 1. The lowest BCUT2D eigenvalue weighted by Crippen LogP contribution is -2.42. The Kier molecular flexibility index (Phi) is 4.93. The molecule has 1 atom stereocenters. The highest BCUT2D eigenvalue weighted by molar-refractivity contribution is 6.42. The Morgan fingerprint density at radius 3 is 2.71 bits per heavy atom. The van der Waals surface area contributed by atoms with Crippen LogP contribution in [-0.2, 0) is 6.42 Å². The summed E-state index contributed by atoms with van der Waals surface area (Å²) in [5, 5.41) is 13.6. The van der Waals surface area contributed by atoms with Crippen molar-refractivity contribution in [2.24, 2.45) is 0 Å². The Morgan fingerprint density at radius 1 is 1.33 bits per heavy atom. The minimum absolute atomic E-state index is 0.0901. The molecule has 1 aromatic heterocycles. The molecule has 2 aromatic rings. The molecule has 0 bridgehead atoms. The molecule has 0 saturated carbocycles. The third-order valence-corrected chi connectivity index (χ3v) is 3.69. The van der Waals surface area contributed by atoms with Crippen LogP contribution < -0.4 is 5.32 Å². The van der Waals surface area contributed by atoms with Crippen LogP contribution in [0, 0.1) is 0 Å². The molecule has 1 aromatic carbocycles. The van der Waals surface area contributed by atoms with E-state index in [1.807, 2.05) is 0 Å². The third kappa shape index (κ3) is 4.49. The van der Waals surface area contributed by atoms with E-state index >= 15 is 0 Å². The fourth-order valence-corrected chi connectivity index (χ4v) is 2.16. The molecule has 1 heterocycles. The number of aliphatic hydroxyl groups is 1. The highest BCUT2D eigenvalue weighted by atomic mass is 35.5. The van der Waals surface area contributed by atoms with E-state index in [-0.39, 0.29) is 12.5 Å². The van der Waals surface area contributed by atoms with Crippen LogP contribution in [0.3, 0.4) is 0 Å². The van der Waals surface area contributed by atoms with Gasteiger partial charge in [0.25, 0.3) is 5.91 Å². The van der Waals surface area contributed by atoms with Gasteiger partial charge in [0, 0.05) is 18.5 Å². The summed E-state index contributed by atoms with van der Waals surface area (Å²) in [5.74, 6) is 0.331. The second kappa shape index (κ2) is 6.52. The number of hydrogen-bond acceptors (Lipinski definition) is 3. The van der Waals surface area contributed by atoms with E-state index in [0.29, 0.717) is 27.8 Å². The number of rotatable bonds is 5. The predicted molar refractivity (Wildman–Crippen MR) is 81.8 cm³/mol. The molecule has 2 N–H and O–H groups in total. The topological polar surface area (TPSA) is 62.5 Å². The summed E-state index contributed by atoms with van der Waals surface area (Å²) in [6, 6.07) is 8.14. The number of nitrogens with one attached hydrogen (secondary N) is 1. The minimum Gasteiger partial charge on any atom is -0.469 e. The first-order chi connectivity index (χ1) is 9.87. The number of amides is 1. The van der Waals surface area contributed by atoms with Crippen molar-refractivity contribution < 1.29 is 14.3 Å². The molecule has 0 unspecified atom stereocenters. The lowest BCUT2D eigenvalue weighted by atomic mass is 10.0. The van der Waals surface area contributed by atoms with Crippen molar-refractivity contribution in [2.75, 3.05) is 6.54 Å². The lowest BCUT2D eigenvalue weighted by Gasteiger charge is -2.22. The van der Waals surface area contributed by atoms with E-state index in [0.717, 1.165) is 0 Å². The molecule has 6 heteroatoms.